The van der Waals surface area contributed by atoms with Crippen LogP contribution in [-0.2, 0) is 11.3 Å². The zero-order valence-electron chi connectivity index (χ0n) is 16.5. The molecule has 4 rings (SSSR count). The maximum absolute atomic E-state index is 12.7. The average Bonchev–Trinajstić information content (AvgIpc) is 3.38. The van der Waals surface area contributed by atoms with E-state index in [2.05, 4.69) is 51.0 Å². The van der Waals surface area contributed by atoms with E-state index < -0.39 is 0 Å². The molecule has 1 aromatic carbocycles. The number of hydrogen-bond donors (Lipinski definition) is 1. The molecule has 1 N–H and O–H groups in total. The summed E-state index contributed by atoms with van der Waals surface area (Å²) in [6.45, 7) is 7.17. The van der Waals surface area contributed by atoms with Gasteiger partial charge in [-0.25, -0.2) is 0 Å². The highest BCUT2D eigenvalue weighted by molar-refractivity contribution is 6.31. The number of hydrogen-bond acceptors (Lipinski definition) is 3. The van der Waals surface area contributed by atoms with Gasteiger partial charge in [0.05, 0.1) is 12.6 Å². The molecule has 0 radical (unpaired) electrons. The van der Waals surface area contributed by atoms with Gasteiger partial charge in [0.15, 0.2) is 0 Å². The third-order valence-corrected chi connectivity index (χ3v) is 6.50. The third kappa shape index (κ3) is 4.12. The smallest absolute Gasteiger partial charge is 0.234 e. The van der Waals surface area contributed by atoms with Crippen LogP contribution in [0, 0.1) is 0 Å². The van der Waals surface area contributed by atoms with Crippen LogP contribution in [0.4, 0.5) is 0 Å². The van der Waals surface area contributed by atoms with Crippen molar-refractivity contribution in [2.75, 3.05) is 32.7 Å². The van der Waals surface area contributed by atoms with Gasteiger partial charge in [0.25, 0.3) is 0 Å². The van der Waals surface area contributed by atoms with E-state index in [1.54, 1.807) is 0 Å². The van der Waals surface area contributed by atoms with Crippen LogP contribution >= 0.6 is 11.6 Å². The molecule has 2 aliphatic heterocycles. The monoisotopic (exact) mass is 400 g/mol. The second kappa shape index (κ2) is 8.68. The Labute approximate surface area is 172 Å². The zero-order valence-corrected chi connectivity index (χ0v) is 17.2. The molecule has 0 saturated carbocycles. The summed E-state index contributed by atoms with van der Waals surface area (Å²) in [5.74, 6) is 0.0862. The van der Waals surface area contributed by atoms with Crippen molar-refractivity contribution in [3.63, 3.8) is 0 Å². The number of halogens is 1. The maximum atomic E-state index is 12.7. The van der Waals surface area contributed by atoms with Gasteiger partial charge in [0.2, 0.25) is 5.91 Å². The summed E-state index contributed by atoms with van der Waals surface area (Å²) >= 11 is 6.47. The Hall–Kier alpha value is -1.82. The third-order valence-electron chi connectivity index (χ3n) is 6.15. The van der Waals surface area contributed by atoms with E-state index in [1.165, 1.54) is 18.5 Å². The molecule has 0 bridgehead atoms. The summed E-state index contributed by atoms with van der Waals surface area (Å²) in [4.78, 5) is 17.4. The van der Waals surface area contributed by atoms with Crippen molar-refractivity contribution in [2.24, 2.45) is 0 Å². The van der Waals surface area contributed by atoms with E-state index in [4.69, 9.17) is 11.6 Å². The first kappa shape index (κ1) is 19.5. The molecule has 3 heterocycles. The summed E-state index contributed by atoms with van der Waals surface area (Å²) in [5, 5.41) is 3.96. The molecule has 0 aliphatic carbocycles. The minimum atomic E-state index is 0.0862. The predicted molar refractivity (Wildman–Crippen MR) is 112 cm³/mol. The average molecular weight is 401 g/mol. The number of benzene rings is 1. The van der Waals surface area contributed by atoms with Gasteiger partial charge in [-0.2, -0.15) is 0 Å². The SMILES string of the molecule is CC1c2cccn2CCN1CC(=O)NCC(c1ccccc1Cl)N1CCCC1. The van der Waals surface area contributed by atoms with Crippen LogP contribution in [0.3, 0.4) is 0 Å². The minimum absolute atomic E-state index is 0.0862. The summed E-state index contributed by atoms with van der Waals surface area (Å²) in [5.41, 5.74) is 2.39. The topological polar surface area (TPSA) is 40.5 Å². The molecule has 6 heteroatoms. The first-order valence-corrected chi connectivity index (χ1v) is 10.7. The number of likely N-dealkylation sites (tertiary alicyclic amines) is 1. The molecule has 150 valence electrons. The Morgan fingerprint density at radius 2 is 1.93 bits per heavy atom. The lowest BCUT2D eigenvalue weighted by Crippen LogP contribution is -2.45. The lowest BCUT2D eigenvalue weighted by atomic mass is 10.1. The minimum Gasteiger partial charge on any atom is -0.353 e. The number of rotatable bonds is 6. The number of nitrogens with zero attached hydrogens (tertiary/aromatic N) is 3. The molecule has 2 unspecified atom stereocenters. The van der Waals surface area contributed by atoms with Crippen LogP contribution in [0.5, 0.6) is 0 Å². The molecule has 0 spiro atoms. The molecule has 2 aromatic rings. The van der Waals surface area contributed by atoms with E-state index in [-0.39, 0.29) is 18.0 Å². The van der Waals surface area contributed by atoms with E-state index in [9.17, 15) is 4.79 Å². The Balaban J connectivity index is 1.39. The van der Waals surface area contributed by atoms with Crippen molar-refractivity contribution in [1.29, 1.82) is 0 Å². The molecule has 28 heavy (non-hydrogen) atoms. The highest BCUT2D eigenvalue weighted by atomic mass is 35.5. The second-order valence-electron chi connectivity index (χ2n) is 7.86. The number of fused-ring (bicyclic) bond motifs is 1. The van der Waals surface area contributed by atoms with Crippen molar-refractivity contribution in [2.45, 2.75) is 38.4 Å². The Morgan fingerprint density at radius 1 is 1.14 bits per heavy atom. The van der Waals surface area contributed by atoms with Crippen LogP contribution in [0.2, 0.25) is 5.02 Å². The zero-order chi connectivity index (χ0) is 19.5. The van der Waals surface area contributed by atoms with Crippen molar-refractivity contribution in [3.05, 3.63) is 58.9 Å². The van der Waals surface area contributed by atoms with Gasteiger partial charge in [0, 0.05) is 42.6 Å². The Kier molecular flexibility index (Phi) is 6.04. The number of carbonyl (C=O) groups is 1. The molecular weight excluding hydrogens is 372 g/mol. The Bertz CT molecular complexity index is 814. The maximum Gasteiger partial charge on any atom is 0.234 e. The molecule has 1 fully saturated rings. The lowest BCUT2D eigenvalue weighted by molar-refractivity contribution is -0.123. The van der Waals surface area contributed by atoms with Crippen molar-refractivity contribution in [1.82, 2.24) is 19.7 Å². The quantitative estimate of drug-likeness (QED) is 0.807. The van der Waals surface area contributed by atoms with E-state index in [1.807, 2.05) is 18.2 Å². The van der Waals surface area contributed by atoms with Crippen molar-refractivity contribution >= 4 is 17.5 Å². The van der Waals surface area contributed by atoms with Crippen LogP contribution < -0.4 is 5.32 Å². The second-order valence-corrected chi connectivity index (χ2v) is 8.26. The summed E-state index contributed by atoms with van der Waals surface area (Å²) in [7, 11) is 0. The first-order valence-electron chi connectivity index (χ1n) is 10.3. The molecule has 1 aromatic heterocycles. The number of carbonyl (C=O) groups excluding carboxylic acids is 1. The lowest BCUT2D eigenvalue weighted by Gasteiger charge is -2.34. The molecule has 5 nitrogen and oxygen atoms in total. The fraction of sp³-hybridized carbons (Fsp3) is 0.500. The van der Waals surface area contributed by atoms with E-state index in [0.717, 1.165) is 36.8 Å². The van der Waals surface area contributed by atoms with Crippen LogP contribution in [0.25, 0.3) is 0 Å². The first-order chi connectivity index (χ1) is 13.6. The highest BCUT2D eigenvalue weighted by Crippen LogP contribution is 2.30. The fourth-order valence-corrected chi connectivity index (χ4v) is 4.79. The molecular formula is C22H29ClN4O. The number of aromatic nitrogens is 1. The Morgan fingerprint density at radius 3 is 2.71 bits per heavy atom. The van der Waals surface area contributed by atoms with E-state index >= 15 is 0 Å². The molecule has 1 amide bonds. The molecule has 2 aliphatic rings. The van der Waals surface area contributed by atoms with Gasteiger partial charge < -0.3 is 9.88 Å². The standard InChI is InChI=1S/C22H29ClN4O/c1-17-20-9-6-12-26(20)13-14-27(17)16-22(28)24-15-21(25-10-4-5-11-25)18-7-2-3-8-19(18)23/h2-3,6-9,12,17,21H,4-5,10-11,13-16H2,1H3,(H,24,28). The predicted octanol–water partition coefficient (Wildman–Crippen LogP) is 3.47. The van der Waals surface area contributed by atoms with Gasteiger partial charge in [-0.15, -0.1) is 0 Å². The van der Waals surface area contributed by atoms with Gasteiger partial charge in [0.1, 0.15) is 0 Å². The van der Waals surface area contributed by atoms with Crippen LogP contribution in [0.15, 0.2) is 42.6 Å². The van der Waals surface area contributed by atoms with Gasteiger partial charge in [-0.1, -0.05) is 29.8 Å². The fourth-order valence-electron chi connectivity index (χ4n) is 4.53. The summed E-state index contributed by atoms with van der Waals surface area (Å²) < 4.78 is 2.28. The number of nitrogens with one attached hydrogen (secondary N) is 1. The summed E-state index contributed by atoms with van der Waals surface area (Å²) in [6.07, 6.45) is 4.53. The highest BCUT2D eigenvalue weighted by Gasteiger charge is 2.27. The molecule has 2 atom stereocenters. The van der Waals surface area contributed by atoms with E-state index in [0.29, 0.717) is 13.1 Å². The van der Waals surface area contributed by atoms with Gasteiger partial charge in [-0.3, -0.25) is 14.6 Å². The van der Waals surface area contributed by atoms with Crippen LogP contribution in [-0.4, -0.2) is 53.0 Å². The van der Waals surface area contributed by atoms with Gasteiger partial charge in [-0.05, 0) is 56.6 Å². The van der Waals surface area contributed by atoms with Gasteiger partial charge >= 0.3 is 0 Å². The molecule has 1 saturated heterocycles. The summed E-state index contributed by atoms with van der Waals surface area (Å²) in [6, 6.07) is 12.6. The van der Waals surface area contributed by atoms with Crippen LogP contribution in [0.1, 0.15) is 43.1 Å². The largest absolute Gasteiger partial charge is 0.353 e. The van der Waals surface area contributed by atoms with Crippen molar-refractivity contribution < 1.29 is 4.79 Å². The normalized spacial score (nSPS) is 21.4. The van der Waals surface area contributed by atoms with Crippen molar-refractivity contribution in [3.8, 4) is 0 Å². The number of amides is 1.